The van der Waals surface area contributed by atoms with Crippen molar-refractivity contribution in [2.45, 2.75) is 18.9 Å². The molecule has 1 N–H and O–H groups in total. The number of hydrogen-bond acceptors (Lipinski definition) is 5. The van der Waals surface area contributed by atoms with E-state index < -0.39 is 12.1 Å². The maximum Gasteiger partial charge on any atom is 0.340 e. The van der Waals surface area contributed by atoms with Gasteiger partial charge in [-0.05, 0) is 24.5 Å². The fourth-order valence-corrected chi connectivity index (χ4v) is 3.52. The lowest BCUT2D eigenvalue weighted by atomic mass is 10.1. The zero-order chi connectivity index (χ0) is 16.2. The van der Waals surface area contributed by atoms with Crippen molar-refractivity contribution in [1.29, 1.82) is 0 Å². The maximum absolute atomic E-state index is 12.2. The molecule has 1 aromatic carbocycles. The number of hydrogen-bond donors (Lipinski definition) is 1. The number of esters is 1. The standard InChI is InChI=1S/C17H17NO4S/c1-21-17(20)12-10-14(11-6-3-2-4-7-11)23-16(12)18-15(19)13-8-5-9-22-13/h2-4,6-7,10,13H,5,8-9H2,1H3,(H,18,19)/t13-/m1/s1. The predicted molar refractivity (Wildman–Crippen MR) is 88.7 cm³/mol. The summed E-state index contributed by atoms with van der Waals surface area (Å²) in [5.74, 6) is -0.680. The fraction of sp³-hybridized carbons (Fsp3) is 0.294. The number of carbonyl (C=O) groups is 2. The third kappa shape index (κ3) is 3.43. The van der Waals surface area contributed by atoms with Gasteiger partial charge < -0.3 is 14.8 Å². The van der Waals surface area contributed by atoms with Gasteiger partial charge in [0.25, 0.3) is 5.91 Å². The van der Waals surface area contributed by atoms with E-state index in [0.29, 0.717) is 23.6 Å². The molecule has 23 heavy (non-hydrogen) atoms. The zero-order valence-electron chi connectivity index (χ0n) is 12.7. The highest BCUT2D eigenvalue weighted by Gasteiger charge is 2.26. The van der Waals surface area contributed by atoms with E-state index in [1.807, 2.05) is 30.3 Å². The number of amides is 1. The zero-order valence-corrected chi connectivity index (χ0v) is 13.5. The number of rotatable bonds is 4. The van der Waals surface area contributed by atoms with Gasteiger partial charge in [-0.1, -0.05) is 30.3 Å². The average molecular weight is 331 g/mol. The van der Waals surface area contributed by atoms with Crippen LogP contribution in [0, 0.1) is 0 Å². The van der Waals surface area contributed by atoms with Gasteiger partial charge in [-0.2, -0.15) is 0 Å². The molecule has 1 fully saturated rings. The van der Waals surface area contributed by atoms with Crippen LogP contribution in [0.2, 0.25) is 0 Å². The Labute approximate surface area is 138 Å². The summed E-state index contributed by atoms with van der Waals surface area (Å²) < 4.78 is 10.2. The molecule has 0 saturated carbocycles. The third-order valence-electron chi connectivity index (χ3n) is 3.65. The van der Waals surface area contributed by atoms with Crippen molar-refractivity contribution in [3.05, 3.63) is 42.0 Å². The first-order chi connectivity index (χ1) is 11.2. The van der Waals surface area contributed by atoms with E-state index in [1.54, 1.807) is 6.07 Å². The molecule has 1 atom stereocenters. The molecular formula is C17H17NO4S. The lowest BCUT2D eigenvalue weighted by molar-refractivity contribution is -0.124. The summed E-state index contributed by atoms with van der Waals surface area (Å²) in [6.45, 7) is 0.599. The summed E-state index contributed by atoms with van der Waals surface area (Å²) in [5.41, 5.74) is 1.35. The smallest absolute Gasteiger partial charge is 0.340 e. The summed E-state index contributed by atoms with van der Waals surface area (Å²) in [6.07, 6.45) is 1.14. The minimum absolute atomic E-state index is 0.214. The van der Waals surface area contributed by atoms with Crippen molar-refractivity contribution in [1.82, 2.24) is 0 Å². The van der Waals surface area contributed by atoms with Crippen LogP contribution in [0.15, 0.2) is 36.4 Å². The average Bonchev–Trinajstić information content (AvgIpc) is 3.25. The second kappa shape index (κ2) is 6.93. The van der Waals surface area contributed by atoms with E-state index >= 15 is 0 Å². The molecule has 5 nitrogen and oxygen atoms in total. The molecule has 0 unspecified atom stereocenters. The van der Waals surface area contributed by atoms with Crippen LogP contribution in [-0.4, -0.2) is 31.7 Å². The molecule has 0 radical (unpaired) electrons. The monoisotopic (exact) mass is 331 g/mol. The molecule has 1 aromatic heterocycles. The first-order valence-corrected chi connectivity index (χ1v) is 8.20. The lowest BCUT2D eigenvalue weighted by Gasteiger charge is -2.09. The molecule has 3 rings (SSSR count). The lowest BCUT2D eigenvalue weighted by Crippen LogP contribution is -2.27. The number of carbonyl (C=O) groups excluding carboxylic acids is 2. The Morgan fingerprint density at radius 2 is 2.09 bits per heavy atom. The van der Waals surface area contributed by atoms with Crippen LogP contribution < -0.4 is 5.32 Å². The minimum Gasteiger partial charge on any atom is -0.465 e. The van der Waals surface area contributed by atoms with Gasteiger partial charge in [-0.25, -0.2) is 4.79 Å². The van der Waals surface area contributed by atoms with E-state index in [1.165, 1.54) is 18.4 Å². The summed E-state index contributed by atoms with van der Waals surface area (Å²) in [5, 5.41) is 3.31. The van der Waals surface area contributed by atoms with Crippen molar-refractivity contribution in [3.63, 3.8) is 0 Å². The molecule has 0 bridgehead atoms. The van der Waals surface area contributed by atoms with Crippen LogP contribution in [0.3, 0.4) is 0 Å². The molecular weight excluding hydrogens is 314 g/mol. The van der Waals surface area contributed by atoms with Crippen LogP contribution >= 0.6 is 11.3 Å². The van der Waals surface area contributed by atoms with Crippen LogP contribution in [0.4, 0.5) is 5.00 Å². The summed E-state index contributed by atoms with van der Waals surface area (Å²) in [6, 6.07) is 11.4. The van der Waals surface area contributed by atoms with Crippen molar-refractivity contribution in [2.75, 3.05) is 19.0 Å². The van der Waals surface area contributed by atoms with Crippen molar-refractivity contribution in [2.24, 2.45) is 0 Å². The van der Waals surface area contributed by atoms with Crippen molar-refractivity contribution in [3.8, 4) is 10.4 Å². The Balaban J connectivity index is 1.89. The summed E-state index contributed by atoms with van der Waals surface area (Å²) in [4.78, 5) is 25.1. The second-order valence-electron chi connectivity index (χ2n) is 5.20. The normalized spacial score (nSPS) is 17.0. The van der Waals surface area contributed by atoms with E-state index in [4.69, 9.17) is 9.47 Å². The summed E-state index contributed by atoms with van der Waals surface area (Å²) in [7, 11) is 1.33. The number of ether oxygens (including phenoxy) is 2. The summed E-state index contributed by atoms with van der Waals surface area (Å²) >= 11 is 1.36. The van der Waals surface area contributed by atoms with E-state index in [9.17, 15) is 9.59 Å². The number of thiophene rings is 1. The van der Waals surface area contributed by atoms with Crippen LogP contribution in [0.1, 0.15) is 23.2 Å². The third-order valence-corrected chi connectivity index (χ3v) is 4.75. The molecule has 1 aliphatic rings. The van der Waals surface area contributed by atoms with Gasteiger partial charge in [-0.15, -0.1) is 11.3 Å². The van der Waals surface area contributed by atoms with Crippen LogP contribution in [-0.2, 0) is 14.3 Å². The molecule has 1 aliphatic heterocycles. The first kappa shape index (κ1) is 15.7. The van der Waals surface area contributed by atoms with Crippen molar-refractivity contribution >= 4 is 28.2 Å². The highest BCUT2D eigenvalue weighted by atomic mass is 32.1. The SMILES string of the molecule is COC(=O)c1cc(-c2ccccc2)sc1NC(=O)[C@H]1CCCO1. The Bertz CT molecular complexity index is 705. The number of benzene rings is 1. The van der Waals surface area contributed by atoms with Gasteiger partial charge in [0.1, 0.15) is 11.1 Å². The van der Waals surface area contributed by atoms with Crippen LogP contribution in [0.5, 0.6) is 0 Å². The van der Waals surface area contributed by atoms with Gasteiger partial charge in [0.15, 0.2) is 0 Å². The van der Waals surface area contributed by atoms with Crippen molar-refractivity contribution < 1.29 is 19.1 Å². The van der Waals surface area contributed by atoms with Gasteiger partial charge in [0, 0.05) is 11.5 Å². The Kier molecular flexibility index (Phi) is 4.73. The van der Waals surface area contributed by atoms with E-state index in [2.05, 4.69) is 5.32 Å². The van der Waals surface area contributed by atoms with Crippen LogP contribution in [0.25, 0.3) is 10.4 Å². The van der Waals surface area contributed by atoms with Gasteiger partial charge in [0.2, 0.25) is 0 Å². The largest absolute Gasteiger partial charge is 0.465 e. The highest BCUT2D eigenvalue weighted by Crippen LogP contribution is 2.36. The Morgan fingerprint density at radius 1 is 1.30 bits per heavy atom. The first-order valence-electron chi connectivity index (χ1n) is 7.39. The maximum atomic E-state index is 12.2. The van der Waals surface area contributed by atoms with Gasteiger partial charge >= 0.3 is 5.97 Å². The molecule has 2 aromatic rings. The Morgan fingerprint density at radius 3 is 2.74 bits per heavy atom. The predicted octanol–water partition coefficient (Wildman–Crippen LogP) is 3.32. The van der Waals surface area contributed by atoms with E-state index in [-0.39, 0.29) is 5.91 Å². The van der Waals surface area contributed by atoms with Gasteiger partial charge in [0.05, 0.1) is 12.7 Å². The highest BCUT2D eigenvalue weighted by molar-refractivity contribution is 7.20. The quantitative estimate of drug-likeness (QED) is 0.873. The van der Waals surface area contributed by atoms with E-state index in [0.717, 1.165) is 16.9 Å². The fourth-order valence-electron chi connectivity index (χ4n) is 2.47. The number of methoxy groups -OCH3 is 1. The molecule has 0 spiro atoms. The second-order valence-corrected chi connectivity index (χ2v) is 6.25. The number of anilines is 1. The molecule has 2 heterocycles. The molecule has 0 aliphatic carbocycles. The topological polar surface area (TPSA) is 64.6 Å². The number of nitrogens with one attached hydrogen (secondary N) is 1. The minimum atomic E-state index is -0.467. The molecule has 1 amide bonds. The molecule has 1 saturated heterocycles. The molecule has 6 heteroatoms. The molecule has 120 valence electrons. The Hall–Kier alpha value is -2.18. The van der Waals surface area contributed by atoms with Gasteiger partial charge in [-0.3, -0.25) is 4.79 Å².